The molecule has 0 aromatic heterocycles. The van der Waals surface area contributed by atoms with Gasteiger partial charge in [-0.3, -0.25) is 0 Å². The van der Waals surface area contributed by atoms with Gasteiger partial charge in [0.2, 0.25) is 0 Å². The van der Waals surface area contributed by atoms with Gasteiger partial charge in [0.1, 0.15) is 0 Å². The van der Waals surface area contributed by atoms with E-state index in [1.54, 1.807) is 0 Å². The van der Waals surface area contributed by atoms with Gasteiger partial charge in [-0.05, 0) is 26.7 Å². The first-order valence-electron chi connectivity index (χ1n) is 6.43. The summed E-state index contributed by atoms with van der Waals surface area (Å²) in [5.74, 6) is 0. The monoisotopic (exact) mass is 280 g/mol. The summed E-state index contributed by atoms with van der Waals surface area (Å²) in [6, 6.07) is 0. The molecule has 1 aliphatic rings. The molecular weight excluding hydrogens is 256 g/mol. The Balaban J connectivity index is 2.47. The Hall–Kier alpha value is -0.210. The van der Waals surface area contributed by atoms with Crippen molar-refractivity contribution in [1.82, 2.24) is 9.03 Å². The lowest BCUT2D eigenvalue weighted by molar-refractivity contribution is -0.0444. The van der Waals surface area contributed by atoms with Gasteiger partial charge in [0.05, 0.1) is 18.3 Å². The molecule has 108 valence electrons. The van der Waals surface area contributed by atoms with Crippen LogP contribution in [0.15, 0.2) is 0 Å². The summed E-state index contributed by atoms with van der Waals surface area (Å²) in [6.07, 6.45) is 0.437. The van der Waals surface area contributed by atoms with Crippen LogP contribution in [0.25, 0.3) is 0 Å². The lowest BCUT2D eigenvalue weighted by Gasteiger charge is -2.34. The third kappa shape index (κ3) is 4.81. The van der Waals surface area contributed by atoms with Crippen LogP contribution >= 0.6 is 0 Å². The fourth-order valence-electron chi connectivity index (χ4n) is 1.98. The van der Waals surface area contributed by atoms with Crippen molar-refractivity contribution >= 4 is 10.2 Å². The topological polar surface area (TPSA) is 78.9 Å². The SMILES string of the molecule is CCC(O)CCNS(=O)(=O)N1CC(C)OC(C)C1. The Bertz CT molecular complexity index is 337. The first-order valence-corrected chi connectivity index (χ1v) is 7.87. The van der Waals surface area contributed by atoms with Crippen molar-refractivity contribution in [3.05, 3.63) is 0 Å². The van der Waals surface area contributed by atoms with E-state index in [2.05, 4.69) is 4.72 Å². The highest BCUT2D eigenvalue weighted by molar-refractivity contribution is 7.87. The average molecular weight is 280 g/mol. The van der Waals surface area contributed by atoms with Gasteiger partial charge in [-0.15, -0.1) is 0 Å². The minimum absolute atomic E-state index is 0.0912. The number of nitrogens with zero attached hydrogens (tertiary/aromatic N) is 1. The standard InChI is InChI=1S/C11H24N2O4S/c1-4-11(14)5-6-12-18(15,16)13-7-9(2)17-10(3)8-13/h9-12,14H,4-8H2,1-3H3. The maximum absolute atomic E-state index is 12.0. The van der Waals surface area contributed by atoms with E-state index in [4.69, 9.17) is 4.74 Å². The summed E-state index contributed by atoms with van der Waals surface area (Å²) in [4.78, 5) is 0. The minimum Gasteiger partial charge on any atom is -0.393 e. The molecule has 0 aromatic rings. The minimum atomic E-state index is -3.46. The quantitative estimate of drug-likeness (QED) is 0.723. The number of hydrogen-bond donors (Lipinski definition) is 2. The van der Waals surface area contributed by atoms with Crippen molar-refractivity contribution in [3.63, 3.8) is 0 Å². The molecule has 18 heavy (non-hydrogen) atoms. The second-order valence-electron chi connectivity index (χ2n) is 4.82. The zero-order valence-corrected chi connectivity index (χ0v) is 12.1. The Labute approximate surface area is 109 Å². The Morgan fingerprint density at radius 3 is 2.44 bits per heavy atom. The summed E-state index contributed by atoms with van der Waals surface area (Å²) in [5, 5.41) is 9.38. The summed E-state index contributed by atoms with van der Waals surface area (Å²) >= 11 is 0. The summed E-state index contributed by atoms with van der Waals surface area (Å²) in [7, 11) is -3.46. The first-order chi connectivity index (χ1) is 8.35. The normalized spacial score (nSPS) is 28.2. The van der Waals surface area contributed by atoms with Crippen LogP contribution in [0.1, 0.15) is 33.6 Å². The molecule has 1 saturated heterocycles. The average Bonchev–Trinajstić information content (AvgIpc) is 2.27. The molecule has 3 atom stereocenters. The van der Waals surface area contributed by atoms with Crippen LogP contribution in [0.2, 0.25) is 0 Å². The van der Waals surface area contributed by atoms with Crippen molar-refractivity contribution in [3.8, 4) is 0 Å². The second kappa shape index (κ2) is 6.81. The number of hydrogen-bond acceptors (Lipinski definition) is 4. The highest BCUT2D eigenvalue weighted by atomic mass is 32.2. The Kier molecular flexibility index (Phi) is 6.00. The molecule has 1 heterocycles. The number of nitrogens with one attached hydrogen (secondary N) is 1. The van der Waals surface area contributed by atoms with Gasteiger partial charge in [-0.2, -0.15) is 12.7 Å². The van der Waals surface area contributed by atoms with Crippen LogP contribution in [0, 0.1) is 0 Å². The third-order valence-corrected chi connectivity index (χ3v) is 4.51. The van der Waals surface area contributed by atoms with Crippen LogP contribution in [0.5, 0.6) is 0 Å². The van der Waals surface area contributed by atoms with E-state index in [-0.39, 0.29) is 18.8 Å². The third-order valence-electron chi connectivity index (χ3n) is 2.96. The maximum atomic E-state index is 12.0. The zero-order chi connectivity index (χ0) is 13.8. The molecule has 0 bridgehead atoms. The van der Waals surface area contributed by atoms with E-state index in [9.17, 15) is 13.5 Å². The smallest absolute Gasteiger partial charge is 0.279 e. The number of aliphatic hydroxyl groups excluding tert-OH is 1. The molecule has 7 heteroatoms. The largest absolute Gasteiger partial charge is 0.393 e. The van der Waals surface area contributed by atoms with Crippen LogP contribution in [-0.2, 0) is 14.9 Å². The molecule has 1 fully saturated rings. The Morgan fingerprint density at radius 2 is 1.94 bits per heavy atom. The molecule has 0 aromatic carbocycles. The van der Waals surface area contributed by atoms with Crippen LogP contribution in [0.3, 0.4) is 0 Å². The lowest BCUT2D eigenvalue weighted by atomic mass is 10.2. The number of morpholine rings is 1. The van der Waals surface area contributed by atoms with E-state index in [0.717, 1.165) is 0 Å². The van der Waals surface area contributed by atoms with Gasteiger partial charge in [0, 0.05) is 19.6 Å². The van der Waals surface area contributed by atoms with Crippen molar-refractivity contribution in [2.75, 3.05) is 19.6 Å². The molecular formula is C11H24N2O4S. The number of rotatable bonds is 6. The molecule has 2 N–H and O–H groups in total. The fraction of sp³-hybridized carbons (Fsp3) is 1.00. The van der Waals surface area contributed by atoms with E-state index in [1.165, 1.54) is 4.31 Å². The second-order valence-corrected chi connectivity index (χ2v) is 6.58. The number of aliphatic hydroxyl groups is 1. The van der Waals surface area contributed by atoms with Gasteiger partial charge in [0.15, 0.2) is 0 Å². The highest BCUT2D eigenvalue weighted by Gasteiger charge is 2.30. The van der Waals surface area contributed by atoms with Crippen LogP contribution < -0.4 is 4.72 Å². The van der Waals surface area contributed by atoms with E-state index < -0.39 is 16.3 Å². The fourth-order valence-corrected chi connectivity index (χ4v) is 3.35. The maximum Gasteiger partial charge on any atom is 0.279 e. The van der Waals surface area contributed by atoms with Gasteiger partial charge >= 0.3 is 0 Å². The number of ether oxygens (including phenoxy) is 1. The predicted molar refractivity (Wildman–Crippen MR) is 69.4 cm³/mol. The van der Waals surface area contributed by atoms with E-state index in [0.29, 0.717) is 25.9 Å². The van der Waals surface area contributed by atoms with E-state index >= 15 is 0 Å². The van der Waals surface area contributed by atoms with Crippen molar-refractivity contribution in [2.45, 2.75) is 51.9 Å². The van der Waals surface area contributed by atoms with Gasteiger partial charge < -0.3 is 9.84 Å². The van der Waals surface area contributed by atoms with Crippen LogP contribution in [-0.4, -0.2) is 55.8 Å². The molecule has 3 unspecified atom stereocenters. The molecule has 0 aliphatic carbocycles. The predicted octanol–water partition coefficient (Wildman–Crippen LogP) is 0.0910. The van der Waals surface area contributed by atoms with Gasteiger partial charge in [0.25, 0.3) is 10.2 Å². The summed E-state index contributed by atoms with van der Waals surface area (Å²) in [5.41, 5.74) is 0. The van der Waals surface area contributed by atoms with Gasteiger partial charge in [-0.1, -0.05) is 6.92 Å². The van der Waals surface area contributed by atoms with Crippen molar-refractivity contribution in [2.24, 2.45) is 0 Å². The summed E-state index contributed by atoms with van der Waals surface area (Å²) in [6.45, 7) is 6.59. The molecule has 0 spiro atoms. The molecule has 0 amide bonds. The zero-order valence-electron chi connectivity index (χ0n) is 11.3. The first kappa shape index (κ1) is 15.8. The van der Waals surface area contributed by atoms with Crippen LogP contribution in [0.4, 0.5) is 0 Å². The molecule has 0 saturated carbocycles. The molecule has 1 rings (SSSR count). The van der Waals surface area contributed by atoms with Crippen molar-refractivity contribution < 1.29 is 18.3 Å². The molecule has 6 nitrogen and oxygen atoms in total. The summed E-state index contributed by atoms with van der Waals surface area (Å²) < 4.78 is 33.5. The molecule has 0 radical (unpaired) electrons. The lowest BCUT2D eigenvalue weighted by Crippen LogP contribution is -2.52. The Morgan fingerprint density at radius 1 is 1.39 bits per heavy atom. The van der Waals surface area contributed by atoms with Gasteiger partial charge in [-0.25, -0.2) is 4.72 Å². The van der Waals surface area contributed by atoms with Crippen molar-refractivity contribution in [1.29, 1.82) is 0 Å². The molecule has 1 aliphatic heterocycles. The highest BCUT2D eigenvalue weighted by Crippen LogP contribution is 2.13. The van der Waals surface area contributed by atoms with E-state index in [1.807, 2.05) is 20.8 Å².